The van der Waals surface area contributed by atoms with E-state index in [9.17, 15) is 14.9 Å². The maximum absolute atomic E-state index is 12.6. The smallest absolute Gasteiger partial charge is 0.293 e. The van der Waals surface area contributed by atoms with E-state index in [1.54, 1.807) is 36.4 Å². The Morgan fingerprint density at radius 1 is 1.14 bits per heavy atom. The Bertz CT molecular complexity index is 1010. The van der Waals surface area contributed by atoms with Crippen LogP contribution in [0.15, 0.2) is 48.8 Å². The predicted molar refractivity (Wildman–Crippen MR) is 102 cm³/mol. The minimum atomic E-state index is -0.442. The third-order valence-corrected chi connectivity index (χ3v) is 4.60. The highest BCUT2D eigenvalue weighted by Gasteiger charge is 2.23. The van der Waals surface area contributed by atoms with Gasteiger partial charge in [-0.1, -0.05) is 6.07 Å². The van der Waals surface area contributed by atoms with Crippen molar-refractivity contribution in [2.24, 2.45) is 0 Å². The van der Waals surface area contributed by atoms with Gasteiger partial charge in [0.2, 0.25) is 0 Å². The molecule has 1 aromatic heterocycles. The van der Waals surface area contributed by atoms with E-state index < -0.39 is 10.8 Å². The molecule has 0 aliphatic carbocycles. The quantitative estimate of drug-likeness (QED) is 0.534. The van der Waals surface area contributed by atoms with Gasteiger partial charge in [0.25, 0.3) is 11.6 Å². The number of tetrazole rings is 1. The standard InChI is InChI=1S/C18H17N7O3/c26-18(20-14-4-3-5-15(11-14)24-12-19-21-22-24)13-6-7-16(17(10-13)25(27)28)23-8-1-2-9-23/h3-7,10-12H,1-2,8-9H2,(H,20,26). The Morgan fingerprint density at radius 2 is 1.96 bits per heavy atom. The number of hydrogen-bond acceptors (Lipinski definition) is 7. The molecule has 0 spiro atoms. The fourth-order valence-corrected chi connectivity index (χ4v) is 3.25. The molecule has 10 heteroatoms. The third kappa shape index (κ3) is 3.52. The van der Waals surface area contributed by atoms with Crippen LogP contribution in [0.5, 0.6) is 0 Å². The van der Waals surface area contributed by atoms with Crippen LogP contribution in [-0.4, -0.2) is 44.1 Å². The average Bonchev–Trinajstić information content (AvgIpc) is 3.41. The van der Waals surface area contributed by atoms with Crippen LogP contribution in [0.2, 0.25) is 0 Å². The van der Waals surface area contributed by atoms with Crippen LogP contribution in [-0.2, 0) is 0 Å². The monoisotopic (exact) mass is 379 g/mol. The van der Waals surface area contributed by atoms with E-state index >= 15 is 0 Å². The minimum absolute atomic E-state index is 0.0583. The summed E-state index contributed by atoms with van der Waals surface area (Å²) in [5, 5.41) is 25.2. The maximum Gasteiger partial charge on any atom is 0.293 e. The highest BCUT2D eigenvalue weighted by molar-refractivity contribution is 6.05. The summed E-state index contributed by atoms with van der Waals surface area (Å²) in [6, 6.07) is 11.6. The highest BCUT2D eigenvalue weighted by Crippen LogP contribution is 2.32. The van der Waals surface area contributed by atoms with Crippen molar-refractivity contribution in [2.75, 3.05) is 23.3 Å². The van der Waals surface area contributed by atoms with Crippen molar-refractivity contribution in [3.05, 3.63) is 64.5 Å². The first-order valence-corrected chi connectivity index (χ1v) is 8.80. The first-order valence-electron chi connectivity index (χ1n) is 8.80. The van der Waals surface area contributed by atoms with Crippen molar-refractivity contribution in [3.8, 4) is 5.69 Å². The van der Waals surface area contributed by atoms with Crippen LogP contribution in [0.25, 0.3) is 5.69 Å². The second-order valence-electron chi connectivity index (χ2n) is 6.41. The molecule has 0 unspecified atom stereocenters. The first-order chi connectivity index (χ1) is 13.6. The second kappa shape index (κ2) is 7.43. The molecule has 0 radical (unpaired) electrons. The number of aromatic nitrogens is 4. The van der Waals surface area contributed by atoms with Gasteiger partial charge in [-0.2, -0.15) is 0 Å². The molecule has 10 nitrogen and oxygen atoms in total. The Balaban J connectivity index is 1.57. The molecule has 1 aliphatic rings. The van der Waals surface area contributed by atoms with E-state index in [4.69, 9.17) is 0 Å². The third-order valence-electron chi connectivity index (χ3n) is 4.60. The second-order valence-corrected chi connectivity index (χ2v) is 6.41. The maximum atomic E-state index is 12.6. The SMILES string of the molecule is O=C(Nc1cccc(-n2cnnn2)c1)c1ccc(N2CCCC2)c([N+](=O)[O-])c1. The van der Waals surface area contributed by atoms with Crippen LogP contribution >= 0.6 is 0 Å². The van der Waals surface area contributed by atoms with Gasteiger partial charge in [-0.3, -0.25) is 14.9 Å². The fraction of sp³-hybridized carbons (Fsp3) is 0.222. The summed E-state index contributed by atoms with van der Waals surface area (Å²) >= 11 is 0. The van der Waals surface area contributed by atoms with Gasteiger partial charge < -0.3 is 10.2 Å². The molecule has 0 saturated carbocycles. The van der Waals surface area contributed by atoms with E-state index in [-0.39, 0.29) is 11.3 Å². The molecule has 4 rings (SSSR count). The molecule has 1 N–H and O–H groups in total. The first kappa shape index (κ1) is 17.6. The molecule has 142 valence electrons. The minimum Gasteiger partial charge on any atom is -0.366 e. The van der Waals surface area contributed by atoms with Gasteiger partial charge >= 0.3 is 0 Å². The van der Waals surface area contributed by atoms with E-state index in [0.29, 0.717) is 17.1 Å². The molecule has 1 saturated heterocycles. The lowest BCUT2D eigenvalue weighted by molar-refractivity contribution is -0.384. The van der Waals surface area contributed by atoms with Gasteiger partial charge in [0.1, 0.15) is 12.0 Å². The molecule has 28 heavy (non-hydrogen) atoms. The number of carbonyl (C=O) groups excluding carboxylic acids is 1. The number of nitro groups is 1. The summed E-state index contributed by atoms with van der Waals surface area (Å²) in [5.41, 5.74) is 1.93. The number of hydrogen-bond donors (Lipinski definition) is 1. The molecule has 1 amide bonds. The van der Waals surface area contributed by atoms with E-state index in [0.717, 1.165) is 25.9 Å². The number of nitrogens with zero attached hydrogens (tertiary/aromatic N) is 6. The zero-order chi connectivity index (χ0) is 19.5. The molecule has 1 aliphatic heterocycles. The van der Waals surface area contributed by atoms with E-state index in [2.05, 4.69) is 20.8 Å². The van der Waals surface area contributed by atoms with Crippen molar-refractivity contribution in [3.63, 3.8) is 0 Å². The summed E-state index contributed by atoms with van der Waals surface area (Å²) in [5.74, 6) is -0.426. The summed E-state index contributed by atoms with van der Waals surface area (Å²) < 4.78 is 1.46. The number of carbonyl (C=O) groups is 1. The van der Waals surface area contributed by atoms with Gasteiger partial charge in [0, 0.05) is 30.4 Å². The molecule has 1 fully saturated rings. The summed E-state index contributed by atoms with van der Waals surface area (Å²) in [4.78, 5) is 25.7. The van der Waals surface area contributed by atoms with Gasteiger partial charge in [0.15, 0.2) is 0 Å². The number of rotatable bonds is 5. The normalized spacial score (nSPS) is 13.5. The van der Waals surface area contributed by atoms with Crippen LogP contribution in [0.1, 0.15) is 23.2 Å². The van der Waals surface area contributed by atoms with Crippen LogP contribution in [0.3, 0.4) is 0 Å². The van der Waals surface area contributed by atoms with Crippen LogP contribution in [0.4, 0.5) is 17.1 Å². The Hall–Kier alpha value is -3.82. The van der Waals surface area contributed by atoms with E-state index in [1.165, 1.54) is 17.1 Å². The predicted octanol–water partition coefficient (Wildman–Crippen LogP) is 2.42. The summed E-state index contributed by atoms with van der Waals surface area (Å²) in [6.07, 6.45) is 3.47. The number of amides is 1. The van der Waals surface area contributed by atoms with Gasteiger partial charge in [-0.15, -0.1) is 5.10 Å². The molecular weight excluding hydrogens is 362 g/mol. The van der Waals surface area contributed by atoms with Crippen molar-refractivity contribution < 1.29 is 9.72 Å². The lowest BCUT2D eigenvalue weighted by Crippen LogP contribution is -2.19. The lowest BCUT2D eigenvalue weighted by atomic mass is 10.1. The molecular formula is C18H17N7O3. The van der Waals surface area contributed by atoms with Crippen LogP contribution in [0, 0.1) is 10.1 Å². The summed E-state index contributed by atoms with van der Waals surface area (Å²) in [6.45, 7) is 1.58. The van der Waals surface area contributed by atoms with Crippen molar-refractivity contribution >= 4 is 23.0 Å². The number of benzene rings is 2. The van der Waals surface area contributed by atoms with Crippen LogP contribution < -0.4 is 10.2 Å². The molecule has 2 heterocycles. The number of nitro benzene ring substituents is 1. The van der Waals surface area contributed by atoms with Gasteiger partial charge in [0.05, 0.1) is 10.6 Å². The number of nitrogens with one attached hydrogen (secondary N) is 1. The molecule has 3 aromatic rings. The Labute approximate surface area is 159 Å². The summed E-state index contributed by atoms with van der Waals surface area (Å²) in [7, 11) is 0. The topological polar surface area (TPSA) is 119 Å². The van der Waals surface area contributed by atoms with Crippen molar-refractivity contribution in [2.45, 2.75) is 12.8 Å². The lowest BCUT2D eigenvalue weighted by Gasteiger charge is -2.17. The Kier molecular flexibility index (Phi) is 4.67. The van der Waals surface area contributed by atoms with Gasteiger partial charge in [-0.05, 0) is 53.6 Å². The molecule has 2 aromatic carbocycles. The average molecular weight is 379 g/mol. The zero-order valence-corrected chi connectivity index (χ0v) is 14.9. The zero-order valence-electron chi connectivity index (χ0n) is 14.9. The van der Waals surface area contributed by atoms with Crippen molar-refractivity contribution in [1.29, 1.82) is 0 Å². The molecule has 0 atom stereocenters. The van der Waals surface area contributed by atoms with E-state index in [1.807, 2.05) is 4.90 Å². The fourth-order valence-electron chi connectivity index (χ4n) is 3.25. The highest BCUT2D eigenvalue weighted by atomic mass is 16.6. The van der Waals surface area contributed by atoms with Gasteiger partial charge in [-0.25, -0.2) is 4.68 Å². The van der Waals surface area contributed by atoms with Crippen molar-refractivity contribution in [1.82, 2.24) is 20.2 Å². The molecule has 0 bridgehead atoms. The number of anilines is 2. The Morgan fingerprint density at radius 3 is 2.68 bits per heavy atom. The largest absolute Gasteiger partial charge is 0.366 e.